The maximum Gasteiger partial charge on any atom is 0.0701 e. The number of hydrogen-bond acceptors (Lipinski definition) is 4. The van der Waals surface area contributed by atoms with Gasteiger partial charge >= 0.3 is 0 Å². The second-order valence-electron chi connectivity index (χ2n) is 3.56. The Morgan fingerprint density at radius 1 is 1.25 bits per heavy atom. The van der Waals surface area contributed by atoms with Gasteiger partial charge in [-0.05, 0) is 52.4 Å². The molecule has 1 unspecified atom stereocenters. The SMILES string of the molecule is NNC(Cc1cccs1)Cc1ccc(Br)s1. The van der Waals surface area contributed by atoms with Crippen LogP contribution in [-0.2, 0) is 12.8 Å². The molecule has 2 aromatic heterocycles. The lowest BCUT2D eigenvalue weighted by Crippen LogP contribution is -2.38. The monoisotopic (exact) mass is 316 g/mol. The van der Waals surface area contributed by atoms with Crippen molar-refractivity contribution >= 4 is 38.6 Å². The average Bonchev–Trinajstić information content (AvgIpc) is 2.89. The first-order valence-electron chi connectivity index (χ1n) is 5.00. The lowest BCUT2D eigenvalue weighted by molar-refractivity contribution is 0.529. The summed E-state index contributed by atoms with van der Waals surface area (Å²) in [6, 6.07) is 8.77. The molecule has 2 nitrogen and oxygen atoms in total. The molecule has 86 valence electrons. The summed E-state index contributed by atoms with van der Waals surface area (Å²) in [4.78, 5) is 2.73. The normalized spacial score (nSPS) is 12.9. The Kier molecular flexibility index (Phi) is 4.55. The highest BCUT2D eigenvalue weighted by Gasteiger charge is 2.10. The molecular formula is C11H13BrN2S2. The van der Waals surface area contributed by atoms with Crippen molar-refractivity contribution in [1.29, 1.82) is 0 Å². The van der Waals surface area contributed by atoms with E-state index in [2.05, 4.69) is 51.0 Å². The smallest absolute Gasteiger partial charge is 0.0701 e. The number of rotatable bonds is 5. The summed E-state index contributed by atoms with van der Waals surface area (Å²) >= 11 is 7.02. The fraction of sp³-hybridized carbons (Fsp3) is 0.273. The number of thiophene rings is 2. The molecular weight excluding hydrogens is 304 g/mol. The number of hydrazine groups is 1. The standard InChI is InChI=1S/C11H13BrN2S2/c12-11-4-3-10(16-11)7-8(14-13)6-9-2-1-5-15-9/h1-5,8,14H,6-7,13H2. The van der Waals surface area contributed by atoms with E-state index in [0.29, 0.717) is 6.04 Å². The van der Waals surface area contributed by atoms with E-state index >= 15 is 0 Å². The van der Waals surface area contributed by atoms with Gasteiger partial charge in [0.15, 0.2) is 0 Å². The summed E-state index contributed by atoms with van der Waals surface area (Å²) in [5, 5.41) is 2.10. The molecule has 0 spiro atoms. The van der Waals surface area contributed by atoms with Crippen LogP contribution in [0.15, 0.2) is 33.4 Å². The van der Waals surface area contributed by atoms with Crippen LogP contribution >= 0.6 is 38.6 Å². The van der Waals surface area contributed by atoms with E-state index < -0.39 is 0 Å². The summed E-state index contributed by atoms with van der Waals surface area (Å²) in [7, 11) is 0. The van der Waals surface area contributed by atoms with Crippen molar-refractivity contribution in [3.63, 3.8) is 0 Å². The van der Waals surface area contributed by atoms with Gasteiger partial charge in [0.05, 0.1) is 3.79 Å². The first-order valence-corrected chi connectivity index (χ1v) is 7.49. The van der Waals surface area contributed by atoms with E-state index in [1.165, 1.54) is 13.5 Å². The quantitative estimate of drug-likeness (QED) is 0.656. The molecule has 0 saturated heterocycles. The van der Waals surface area contributed by atoms with Crippen LogP contribution in [0.2, 0.25) is 0 Å². The number of nitrogens with one attached hydrogen (secondary N) is 1. The molecule has 0 amide bonds. The number of nitrogens with two attached hydrogens (primary N) is 1. The third-order valence-corrected chi connectivity index (χ3v) is 4.88. The van der Waals surface area contributed by atoms with Crippen LogP contribution in [0.3, 0.4) is 0 Å². The molecule has 2 aromatic rings. The molecule has 16 heavy (non-hydrogen) atoms. The van der Waals surface area contributed by atoms with E-state index in [4.69, 9.17) is 5.84 Å². The first-order chi connectivity index (χ1) is 7.78. The van der Waals surface area contributed by atoms with E-state index in [1.54, 1.807) is 22.7 Å². The van der Waals surface area contributed by atoms with Crippen molar-refractivity contribution in [2.45, 2.75) is 18.9 Å². The summed E-state index contributed by atoms with van der Waals surface area (Å²) in [5.41, 5.74) is 2.90. The highest BCUT2D eigenvalue weighted by Crippen LogP contribution is 2.24. The van der Waals surface area contributed by atoms with Crippen LogP contribution in [0.5, 0.6) is 0 Å². The molecule has 0 aliphatic rings. The minimum atomic E-state index is 0.309. The second-order valence-corrected chi connectivity index (χ2v) is 7.14. The van der Waals surface area contributed by atoms with Gasteiger partial charge in [0, 0.05) is 15.8 Å². The Labute approximate surface area is 112 Å². The van der Waals surface area contributed by atoms with Gasteiger partial charge in [-0.1, -0.05) is 6.07 Å². The number of hydrogen-bond donors (Lipinski definition) is 2. The third kappa shape index (κ3) is 3.40. The van der Waals surface area contributed by atoms with Gasteiger partial charge in [-0.25, -0.2) is 0 Å². The van der Waals surface area contributed by atoms with E-state index in [1.807, 2.05) is 0 Å². The van der Waals surface area contributed by atoms with Crippen molar-refractivity contribution in [2.75, 3.05) is 0 Å². The van der Waals surface area contributed by atoms with Crippen molar-refractivity contribution < 1.29 is 0 Å². The van der Waals surface area contributed by atoms with Crippen LogP contribution < -0.4 is 11.3 Å². The van der Waals surface area contributed by atoms with Crippen LogP contribution in [0.25, 0.3) is 0 Å². The fourth-order valence-corrected chi connectivity index (χ4v) is 3.92. The summed E-state index contributed by atoms with van der Waals surface area (Å²) < 4.78 is 1.18. The van der Waals surface area contributed by atoms with Gasteiger partial charge in [0.25, 0.3) is 0 Å². The van der Waals surface area contributed by atoms with Gasteiger partial charge < -0.3 is 0 Å². The molecule has 3 N–H and O–H groups in total. The third-order valence-electron chi connectivity index (χ3n) is 2.34. The Balaban J connectivity index is 1.95. The highest BCUT2D eigenvalue weighted by atomic mass is 79.9. The van der Waals surface area contributed by atoms with Crippen molar-refractivity contribution in [1.82, 2.24) is 5.43 Å². The van der Waals surface area contributed by atoms with Crippen molar-refractivity contribution in [2.24, 2.45) is 5.84 Å². The minimum Gasteiger partial charge on any atom is -0.271 e. The summed E-state index contributed by atoms with van der Waals surface area (Å²) in [6.07, 6.45) is 1.97. The van der Waals surface area contributed by atoms with Gasteiger partial charge in [0.1, 0.15) is 0 Å². The van der Waals surface area contributed by atoms with Gasteiger partial charge in [0.2, 0.25) is 0 Å². The summed E-state index contributed by atoms with van der Waals surface area (Å²) in [5.74, 6) is 5.59. The van der Waals surface area contributed by atoms with Gasteiger partial charge in [-0.3, -0.25) is 11.3 Å². The van der Waals surface area contributed by atoms with Gasteiger partial charge in [-0.15, -0.1) is 22.7 Å². The lowest BCUT2D eigenvalue weighted by Gasteiger charge is -2.13. The molecule has 0 aliphatic heterocycles. The Morgan fingerprint density at radius 2 is 2.06 bits per heavy atom. The molecule has 2 heterocycles. The summed E-state index contributed by atoms with van der Waals surface area (Å²) in [6.45, 7) is 0. The zero-order valence-electron chi connectivity index (χ0n) is 8.65. The Bertz CT molecular complexity index is 425. The molecule has 0 aromatic carbocycles. The lowest BCUT2D eigenvalue weighted by atomic mass is 10.1. The molecule has 0 bridgehead atoms. The molecule has 0 aliphatic carbocycles. The van der Waals surface area contributed by atoms with Crippen molar-refractivity contribution in [3.05, 3.63) is 43.2 Å². The molecule has 1 atom stereocenters. The Hall–Kier alpha value is -0.200. The molecule has 0 saturated carbocycles. The van der Waals surface area contributed by atoms with Crippen LogP contribution in [0.4, 0.5) is 0 Å². The zero-order chi connectivity index (χ0) is 11.4. The largest absolute Gasteiger partial charge is 0.271 e. The van der Waals surface area contributed by atoms with Crippen LogP contribution in [-0.4, -0.2) is 6.04 Å². The Morgan fingerprint density at radius 3 is 2.62 bits per heavy atom. The second kappa shape index (κ2) is 5.93. The zero-order valence-corrected chi connectivity index (χ0v) is 11.9. The average molecular weight is 317 g/mol. The maximum atomic E-state index is 5.59. The minimum absolute atomic E-state index is 0.309. The predicted molar refractivity (Wildman–Crippen MR) is 74.9 cm³/mol. The van der Waals surface area contributed by atoms with Crippen LogP contribution in [0, 0.1) is 0 Å². The molecule has 0 radical (unpaired) electrons. The topological polar surface area (TPSA) is 38.0 Å². The fourth-order valence-electron chi connectivity index (χ4n) is 1.57. The maximum absolute atomic E-state index is 5.59. The predicted octanol–water partition coefficient (Wildman–Crippen LogP) is 3.19. The van der Waals surface area contributed by atoms with Gasteiger partial charge in [-0.2, -0.15) is 0 Å². The van der Waals surface area contributed by atoms with Crippen molar-refractivity contribution in [3.8, 4) is 0 Å². The molecule has 0 fully saturated rings. The van der Waals surface area contributed by atoms with E-state index in [0.717, 1.165) is 12.8 Å². The molecule has 5 heteroatoms. The highest BCUT2D eigenvalue weighted by molar-refractivity contribution is 9.11. The van der Waals surface area contributed by atoms with Crippen LogP contribution in [0.1, 0.15) is 9.75 Å². The molecule has 2 rings (SSSR count). The first kappa shape index (κ1) is 12.3. The van der Waals surface area contributed by atoms with E-state index in [9.17, 15) is 0 Å². The van der Waals surface area contributed by atoms with E-state index in [-0.39, 0.29) is 0 Å². The number of halogens is 1.